The fraction of sp³-hybridized carbons (Fsp3) is 0.831. The average Bonchev–Trinajstić information content (AvgIpc) is 3.30. The summed E-state index contributed by atoms with van der Waals surface area (Å²) in [4.78, 5) is 24.5. The quantitative estimate of drug-likeness (QED) is 0.0374. The number of aliphatic hydroxyl groups is 1. The summed E-state index contributed by atoms with van der Waals surface area (Å²) < 4.78 is 10.7. The molecule has 5 heteroatoms. The highest BCUT2D eigenvalue weighted by molar-refractivity contribution is 5.70. The molecule has 0 aliphatic heterocycles. The number of unbranched alkanes of at least 4 members (excludes halogenated alkanes) is 36. The maximum absolute atomic E-state index is 12.3. The molecule has 0 aromatic heterocycles. The van der Waals surface area contributed by atoms with E-state index in [-0.39, 0.29) is 25.2 Å². The number of allylic oxidation sites excluding steroid dienone is 8. The number of hydrogen-bond donors (Lipinski definition) is 1. The Morgan fingerprint density at radius 3 is 1.02 bits per heavy atom. The van der Waals surface area contributed by atoms with Gasteiger partial charge in [0, 0.05) is 12.8 Å². The van der Waals surface area contributed by atoms with Crippen LogP contribution in [-0.4, -0.2) is 36.4 Å². The summed E-state index contributed by atoms with van der Waals surface area (Å²) in [6.45, 7) is 4.07. The van der Waals surface area contributed by atoms with Gasteiger partial charge in [-0.2, -0.15) is 0 Å². The van der Waals surface area contributed by atoms with Gasteiger partial charge in [0.25, 0.3) is 0 Å². The minimum Gasteiger partial charge on any atom is -0.462 e. The van der Waals surface area contributed by atoms with Gasteiger partial charge in [0.15, 0.2) is 6.10 Å². The second kappa shape index (κ2) is 55.2. The first-order valence-electron chi connectivity index (χ1n) is 28.2. The zero-order valence-corrected chi connectivity index (χ0v) is 42.8. The van der Waals surface area contributed by atoms with E-state index in [1.165, 1.54) is 205 Å². The predicted octanol–water partition coefficient (Wildman–Crippen LogP) is 18.9. The molecule has 0 aliphatic rings. The van der Waals surface area contributed by atoms with E-state index in [4.69, 9.17) is 9.47 Å². The van der Waals surface area contributed by atoms with Crippen LogP contribution < -0.4 is 0 Å². The second-order valence-corrected chi connectivity index (χ2v) is 19.0. The average molecular weight is 898 g/mol. The Bertz CT molecular complexity index is 1060. The van der Waals surface area contributed by atoms with Crippen molar-refractivity contribution in [2.24, 2.45) is 0 Å². The van der Waals surface area contributed by atoms with E-state index in [2.05, 4.69) is 62.5 Å². The highest BCUT2D eigenvalue weighted by atomic mass is 16.6. The van der Waals surface area contributed by atoms with Crippen molar-refractivity contribution in [1.82, 2.24) is 0 Å². The van der Waals surface area contributed by atoms with Crippen molar-refractivity contribution in [3.63, 3.8) is 0 Å². The molecule has 1 unspecified atom stereocenters. The summed E-state index contributed by atoms with van der Waals surface area (Å²) in [5.74, 6) is -0.582. The van der Waals surface area contributed by atoms with Crippen molar-refractivity contribution < 1.29 is 24.2 Å². The number of carbonyl (C=O) groups excluding carboxylic acids is 2. The van der Waals surface area contributed by atoms with E-state index in [9.17, 15) is 14.7 Å². The normalized spacial score (nSPS) is 12.5. The molecule has 64 heavy (non-hydrogen) atoms. The Hall–Kier alpha value is -2.14. The van der Waals surface area contributed by atoms with E-state index >= 15 is 0 Å². The van der Waals surface area contributed by atoms with Crippen LogP contribution in [0.4, 0.5) is 0 Å². The van der Waals surface area contributed by atoms with Crippen molar-refractivity contribution >= 4 is 11.9 Å². The third-order valence-corrected chi connectivity index (χ3v) is 12.6. The van der Waals surface area contributed by atoms with Crippen molar-refractivity contribution in [3.05, 3.63) is 48.6 Å². The molecular weight excluding hydrogens is 789 g/mol. The Balaban J connectivity index is 3.45. The van der Waals surface area contributed by atoms with Crippen molar-refractivity contribution in [3.8, 4) is 0 Å². The van der Waals surface area contributed by atoms with Crippen LogP contribution in [0.2, 0.25) is 0 Å². The fourth-order valence-electron chi connectivity index (χ4n) is 8.43. The Kier molecular flexibility index (Phi) is 53.3. The molecule has 0 fully saturated rings. The van der Waals surface area contributed by atoms with E-state index in [1.807, 2.05) is 0 Å². The third-order valence-electron chi connectivity index (χ3n) is 12.6. The maximum atomic E-state index is 12.3. The molecule has 0 amide bonds. The van der Waals surface area contributed by atoms with Gasteiger partial charge < -0.3 is 14.6 Å². The van der Waals surface area contributed by atoms with Crippen LogP contribution >= 0.6 is 0 Å². The number of ether oxygens (including phenoxy) is 2. The highest BCUT2D eigenvalue weighted by Gasteiger charge is 2.16. The second-order valence-electron chi connectivity index (χ2n) is 19.0. The van der Waals surface area contributed by atoms with Gasteiger partial charge in [0.1, 0.15) is 6.61 Å². The van der Waals surface area contributed by atoms with E-state index in [0.717, 1.165) is 64.2 Å². The summed E-state index contributed by atoms with van der Waals surface area (Å²) in [5.41, 5.74) is 0. The number of carbonyl (C=O) groups is 2. The van der Waals surface area contributed by atoms with E-state index < -0.39 is 6.10 Å². The third kappa shape index (κ3) is 52.5. The lowest BCUT2D eigenvalue weighted by Crippen LogP contribution is -2.28. The van der Waals surface area contributed by atoms with Gasteiger partial charge >= 0.3 is 11.9 Å². The molecule has 0 saturated heterocycles. The topological polar surface area (TPSA) is 72.8 Å². The molecule has 1 N–H and O–H groups in total. The van der Waals surface area contributed by atoms with Crippen LogP contribution in [-0.2, 0) is 19.1 Å². The van der Waals surface area contributed by atoms with Gasteiger partial charge in [-0.25, -0.2) is 0 Å². The number of hydrogen-bond acceptors (Lipinski definition) is 5. The Morgan fingerprint density at radius 2 is 0.672 bits per heavy atom. The molecule has 0 bridgehead atoms. The molecule has 0 radical (unpaired) electrons. The number of aliphatic hydroxyl groups excluding tert-OH is 1. The Labute approximate surface area is 398 Å². The highest BCUT2D eigenvalue weighted by Crippen LogP contribution is 2.17. The van der Waals surface area contributed by atoms with Gasteiger partial charge in [0.05, 0.1) is 6.61 Å². The summed E-state index contributed by atoms with van der Waals surface area (Å²) >= 11 is 0. The molecule has 0 spiro atoms. The van der Waals surface area contributed by atoms with E-state index in [1.54, 1.807) is 0 Å². The molecule has 0 aromatic carbocycles. The minimum atomic E-state index is -0.774. The molecular formula is C59H108O5. The first-order chi connectivity index (χ1) is 31.6. The van der Waals surface area contributed by atoms with Gasteiger partial charge in [-0.3, -0.25) is 9.59 Å². The number of rotatable bonds is 52. The van der Waals surface area contributed by atoms with Crippen molar-refractivity contribution in [1.29, 1.82) is 0 Å². The fourth-order valence-corrected chi connectivity index (χ4v) is 8.43. The lowest BCUT2D eigenvalue weighted by Gasteiger charge is -2.15. The van der Waals surface area contributed by atoms with Crippen LogP contribution in [0.25, 0.3) is 0 Å². The van der Waals surface area contributed by atoms with Crippen molar-refractivity contribution in [2.45, 2.75) is 302 Å². The number of esters is 2. The first-order valence-corrected chi connectivity index (χ1v) is 28.2. The van der Waals surface area contributed by atoms with Gasteiger partial charge in [-0.15, -0.1) is 0 Å². The van der Waals surface area contributed by atoms with Crippen molar-refractivity contribution in [2.75, 3.05) is 13.2 Å². The lowest BCUT2D eigenvalue weighted by molar-refractivity contribution is -0.161. The first kappa shape index (κ1) is 61.9. The molecule has 0 saturated carbocycles. The van der Waals surface area contributed by atoms with Crippen LogP contribution in [0.1, 0.15) is 296 Å². The zero-order chi connectivity index (χ0) is 46.3. The smallest absolute Gasteiger partial charge is 0.306 e. The summed E-state index contributed by atoms with van der Waals surface area (Å²) in [7, 11) is 0. The monoisotopic (exact) mass is 897 g/mol. The largest absolute Gasteiger partial charge is 0.462 e. The van der Waals surface area contributed by atoms with Crippen LogP contribution in [0.5, 0.6) is 0 Å². The molecule has 0 heterocycles. The summed E-state index contributed by atoms with van der Waals surface area (Å²) in [6.07, 6.45) is 72.3. The van der Waals surface area contributed by atoms with Crippen LogP contribution in [0.3, 0.4) is 0 Å². The molecule has 1 atom stereocenters. The van der Waals surface area contributed by atoms with Crippen LogP contribution in [0.15, 0.2) is 48.6 Å². The van der Waals surface area contributed by atoms with Crippen LogP contribution in [0, 0.1) is 0 Å². The van der Waals surface area contributed by atoms with E-state index in [0.29, 0.717) is 12.8 Å². The van der Waals surface area contributed by atoms with Gasteiger partial charge in [-0.1, -0.05) is 281 Å². The molecule has 5 nitrogen and oxygen atoms in total. The molecule has 374 valence electrons. The van der Waals surface area contributed by atoms with Gasteiger partial charge in [-0.05, 0) is 51.4 Å². The molecule has 0 aliphatic carbocycles. The lowest BCUT2D eigenvalue weighted by atomic mass is 10.0. The summed E-state index contributed by atoms with van der Waals surface area (Å²) in [5, 5.41) is 9.65. The molecule has 0 rings (SSSR count). The zero-order valence-electron chi connectivity index (χ0n) is 42.8. The molecule has 0 aromatic rings. The van der Waals surface area contributed by atoms with Gasteiger partial charge in [0.2, 0.25) is 0 Å². The SMILES string of the molecule is CC/C=C\C/C=C\C/C=C\C/C=C\CCCCCCCCCCCCC(=O)OC(CO)COC(=O)CCCCCCCCCCCCCCCCCCCCCCCCCCCCC. The standard InChI is InChI=1S/C59H108O5/c1-3-5-7-9-11-13-15-17-19-21-23-25-27-28-29-30-32-33-35-37-39-41-43-45-47-49-51-53-58(61)63-56-57(55-60)64-59(62)54-52-50-48-46-44-42-40-38-36-34-31-26-24-22-20-18-16-14-12-10-8-6-4-2/h6,8,12,14,18,20,24,26,57,60H,3-5,7,9-11,13,15-17,19,21-23,25,27-56H2,1-2H3/b8-6-,14-12-,20-18-,26-24-. The Morgan fingerprint density at radius 1 is 0.375 bits per heavy atom. The maximum Gasteiger partial charge on any atom is 0.306 e. The minimum absolute atomic E-state index is 0.0645. The predicted molar refractivity (Wildman–Crippen MR) is 279 cm³/mol. The summed E-state index contributed by atoms with van der Waals surface area (Å²) in [6, 6.07) is 0.